The number of pyridine rings is 1. The van der Waals surface area contributed by atoms with Crippen LogP contribution in [-0.2, 0) is 0 Å². The molecule has 1 aromatic rings. The van der Waals surface area contributed by atoms with E-state index in [1.54, 1.807) is 13.3 Å². The standard InChI is InChI=1S/C14H22N2O/c1-3-10-4-5-14(15)13(6-10)11-7-12(17-2)9-16-8-11/h7-10,13-14H,3-6,15H2,1-2H3. The molecule has 1 fully saturated rings. The van der Waals surface area contributed by atoms with Crippen molar-refractivity contribution >= 4 is 0 Å². The Balaban J connectivity index is 2.18. The first-order valence-electron chi connectivity index (χ1n) is 6.49. The van der Waals surface area contributed by atoms with Crippen molar-refractivity contribution in [1.82, 2.24) is 4.98 Å². The summed E-state index contributed by atoms with van der Waals surface area (Å²) in [5.41, 5.74) is 7.48. The molecule has 1 aliphatic rings. The molecule has 3 atom stereocenters. The molecule has 0 bridgehead atoms. The first-order valence-corrected chi connectivity index (χ1v) is 6.49. The fourth-order valence-corrected chi connectivity index (χ4v) is 2.79. The lowest BCUT2D eigenvalue weighted by molar-refractivity contribution is 0.281. The zero-order valence-corrected chi connectivity index (χ0v) is 10.7. The van der Waals surface area contributed by atoms with Crippen molar-refractivity contribution in [3.8, 4) is 5.75 Å². The Morgan fingerprint density at radius 1 is 1.41 bits per heavy atom. The van der Waals surface area contributed by atoms with Crippen LogP contribution in [0.2, 0.25) is 0 Å². The molecule has 1 saturated carbocycles. The number of hydrogen-bond acceptors (Lipinski definition) is 3. The summed E-state index contributed by atoms with van der Waals surface area (Å²) in [4.78, 5) is 4.24. The fourth-order valence-electron chi connectivity index (χ4n) is 2.79. The molecular weight excluding hydrogens is 212 g/mol. The molecule has 3 heteroatoms. The quantitative estimate of drug-likeness (QED) is 0.874. The van der Waals surface area contributed by atoms with Crippen molar-refractivity contribution in [1.29, 1.82) is 0 Å². The van der Waals surface area contributed by atoms with E-state index in [0.29, 0.717) is 5.92 Å². The third kappa shape index (κ3) is 2.78. The van der Waals surface area contributed by atoms with Gasteiger partial charge in [0.25, 0.3) is 0 Å². The van der Waals surface area contributed by atoms with Gasteiger partial charge in [-0.05, 0) is 36.8 Å². The molecule has 3 nitrogen and oxygen atoms in total. The maximum absolute atomic E-state index is 6.25. The highest BCUT2D eigenvalue weighted by atomic mass is 16.5. The maximum atomic E-state index is 6.25. The van der Waals surface area contributed by atoms with Gasteiger partial charge in [-0.3, -0.25) is 4.98 Å². The van der Waals surface area contributed by atoms with Crippen molar-refractivity contribution in [3.05, 3.63) is 24.0 Å². The van der Waals surface area contributed by atoms with Crippen LogP contribution in [0.3, 0.4) is 0 Å². The summed E-state index contributed by atoms with van der Waals surface area (Å²) >= 11 is 0. The van der Waals surface area contributed by atoms with Gasteiger partial charge in [-0.15, -0.1) is 0 Å². The lowest BCUT2D eigenvalue weighted by Gasteiger charge is -2.34. The van der Waals surface area contributed by atoms with Crippen LogP contribution in [0.15, 0.2) is 18.5 Å². The number of hydrogen-bond donors (Lipinski definition) is 1. The third-order valence-electron chi connectivity index (χ3n) is 3.99. The summed E-state index contributed by atoms with van der Waals surface area (Å²) in [6.07, 6.45) is 8.51. The molecule has 0 aliphatic heterocycles. The molecule has 0 radical (unpaired) electrons. The van der Waals surface area contributed by atoms with Crippen molar-refractivity contribution < 1.29 is 4.74 Å². The lowest BCUT2D eigenvalue weighted by Crippen LogP contribution is -2.34. The van der Waals surface area contributed by atoms with Gasteiger partial charge in [-0.25, -0.2) is 0 Å². The fraction of sp³-hybridized carbons (Fsp3) is 0.643. The zero-order valence-electron chi connectivity index (χ0n) is 10.7. The SMILES string of the molecule is CCC1CCC(N)C(c2cncc(OC)c2)C1. The second-order valence-electron chi connectivity index (χ2n) is 5.02. The molecule has 2 rings (SSSR count). The van der Waals surface area contributed by atoms with Gasteiger partial charge in [0.15, 0.2) is 0 Å². The zero-order chi connectivity index (χ0) is 12.3. The first kappa shape index (κ1) is 12.4. The number of nitrogens with two attached hydrogens (primary N) is 1. The molecule has 1 aromatic heterocycles. The van der Waals surface area contributed by atoms with Gasteiger partial charge in [0.1, 0.15) is 5.75 Å². The molecule has 1 aliphatic carbocycles. The van der Waals surface area contributed by atoms with E-state index in [9.17, 15) is 0 Å². The molecule has 0 aromatic carbocycles. The minimum absolute atomic E-state index is 0.270. The third-order valence-corrected chi connectivity index (χ3v) is 3.99. The molecule has 0 saturated heterocycles. The van der Waals surface area contributed by atoms with Crippen molar-refractivity contribution in [2.24, 2.45) is 11.7 Å². The summed E-state index contributed by atoms with van der Waals surface area (Å²) in [6, 6.07) is 2.35. The van der Waals surface area contributed by atoms with E-state index in [1.807, 2.05) is 6.20 Å². The summed E-state index contributed by atoms with van der Waals surface area (Å²) in [5.74, 6) is 2.08. The van der Waals surface area contributed by atoms with E-state index in [4.69, 9.17) is 10.5 Å². The van der Waals surface area contributed by atoms with Crippen molar-refractivity contribution in [3.63, 3.8) is 0 Å². The van der Waals surface area contributed by atoms with Gasteiger partial charge in [0.05, 0.1) is 13.3 Å². The lowest BCUT2D eigenvalue weighted by atomic mass is 9.74. The number of aromatic nitrogens is 1. The summed E-state index contributed by atoms with van der Waals surface area (Å²) in [5, 5.41) is 0. The van der Waals surface area contributed by atoms with Gasteiger partial charge >= 0.3 is 0 Å². The van der Waals surface area contributed by atoms with Crippen LogP contribution in [0.1, 0.15) is 44.1 Å². The summed E-state index contributed by atoms with van der Waals surface area (Å²) in [6.45, 7) is 2.27. The highest BCUT2D eigenvalue weighted by Crippen LogP contribution is 2.37. The Bertz CT molecular complexity index is 367. The Labute approximate surface area is 103 Å². The highest BCUT2D eigenvalue weighted by Gasteiger charge is 2.28. The van der Waals surface area contributed by atoms with E-state index < -0.39 is 0 Å². The summed E-state index contributed by atoms with van der Waals surface area (Å²) in [7, 11) is 1.68. The van der Waals surface area contributed by atoms with Gasteiger partial charge in [0.2, 0.25) is 0 Å². The van der Waals surface area contributed by atoms with E-state index in [1.165, 1.54) is 24.8 Å². The topological polar surface area (TPSA) is 48.1 Å². The van der Waals surface area contributed by atoms with Gasteiger partial charge in [-0.2, -0.15) is 0 Å². The Morgan fingerprint density at radius 3 is 2.94 bits per heavy atom. The maximum Gasteiger partial charge on any atom is 0.137 e. The number of rotatable bonds is 3. The van der Waals surface area contributed by atoms with Crippen LogP contribution < -0.4 is 10.5 Å². The van der Waals surface area contributed by atoms with Crippen LogP contribution in [-0.4, -0.2) is 18.1 Å². The molecule has 3 unspecified atom stereocenters. The number of ether oxygens (including phenoxy) is 1. The Morgan fingerprint density at radius 2 is 2.24 bits per heavy atom. The Kier molecular flexibility index (Phi) is 4.00. The minimum atomic E-state index is 0.270. The van der Waals surface area contributed by atoms with Crippen LogP contribution in [0.25, 0.3) is 0 Å². The predicted octanol–water partition coefficient (Wildman–Crippen LogP) is 2.71. The van der Waals surface area contributed by atoms with Crippen LogP contribution in [0.5, 0.6) is 5.75 Å². The predicted molar refractivity (Wildman–Crippen MR) is 69.1 cm³/mol. The molecule has 2 N–H and O–H groups in total. The van der Waals surface area contributed by atoms with E-state index >= 15 is 0 Å². The average Bonchev–Trinajstić information content (AvgIpc) is 2.39. The molecule has 0 spiro atoms. The molecular formula is C14H22N2O. The molecule has 0 amide bonds. The smallest absolute Gasteiger partial charge is 0.137 e. The molecule has 17 heavy (non-hydrogen) atoms. The van der Waals surface area contributed by atoms with Crippen LogP contribution in [0.4, 0.5) is 0 Å². The number of nitrogens with zero attached hydrogens (tertiary/aromatic N) is 1. The van der Waals surface area contributed by atoms with Gasteiger partial charge < -0.3 is 10.5 Å². The second-order valence-corrected chi connectivity index (χ2v) is 5.02. The van der Waals surface area contributed by atoms with Crippen molar-refractivity contribution in [2.75, 3.05) is 7.11 Å². The largest absolute Gasteiger partial charge is 0.495 e. The van der Waals surface area contributed by atoms with Gasteiger partial charge in [-0.1, -0.05) is 13.3 Å². The molecule has 94 valence electrons. The van der Waals surface area contributed by atoms with Gasteiger partial charge in [0, 0.05) is 18.2 Å². The van der Waals surface area contributed by atoms with E-state index in [0.717, 1.165) is 18.1 Å². The van der Waals surface area contributed by atoms with Crippen LogP contribution >= 0.6 is 0 Å². The first-order chi connectivity index (χ1) is 8.24. The monoisotopic (exact) mass is 234 g/mol. The second kappa shape index (κ2) is 5.50. The van der Waals surface area contributed by atoms with E-state index in [2.05, 4.69) is 18.0 Å². The summed E-state index contributed by atoms with van der Waals surface area (Å²) < 4.78 is 5.23. The van der Waals surface area contributed by atoms with Crippen molar-refractivity contribution in [2.45, 2.75) is 44.6 Å². The normalized spacial score (nSPS) is 29.0. The number of methoxy groups -OCH3 is 1. The Hall–Kier alpha value is -1.09. The van der Waals surface area contributed by atoms with Crippen LogP contribution in [0, 0.1) is 5.92 Å². The highest BCUT2D eigenvalue weighted by molar-refractivity contribution is 5.27. The minimum Gasteiger partial charge on any atom is -0.495 e. The van der Waals surface area contributed by atoms with E-state index in [-0.39, 0.29) is 6.04 Å². The molecule has 1 heterocycles. The average molecular weight is 234 g/mol.